The van der Waals surface area contributed by atoms with Crippen molar-refractivity contribution in [3.05, 3.63) is 28.0 Å². The third-order valence-corrected chi connectivity index (χ3v) is 1.85. The molecule has 0 aliphatic heterocycles. The SMILES string of the molecule is Cc1cc(Cl)c(C(=O)O)c(C(F)F)n1. The summed E-state index contributed by atoms with van der Waals surface area (Å²) in [7, 11) is 0. The molecule has 0 aromatic carbocycles. The second kappa shape index (κ2) is 3.88. The predicted molar refractivity (Wildman–Crippen MR) is 45.9 cm³/mol. The molecule has 0 spiro atoms. The van der Waals surface area contributed by atoms with Gasteiger partial charge in [-0.2, -0.15) is 0 Å². The number of carboxylic acid groups (broad SMARTS) is 1. The number of nitrogens with zero attached hydrogens (tertiary/aromatic N) is 1. The fourth-order valence-electron chi connectivity index (χ4n) is 1.03. The summed E-state index contributed by atoms with van der Waals surface area (Å²) in [5.74, 6) is -1.50. The number of aromatic carboxylic acids is 1. The summed E-state index contributed by atoms with van der Waals surface area (Å²) in [6.07, 6.45) is -2.95. The number of pyridine rings is 1. The van der Waals surface area contributed by atoms with E-state index >= 15 is 0 Å². The quantitative estimate of drug-likeness (QED) is 0.835. The van der Waals surface area contributed by atoms with Gasteiger partial charge in [-0.25, -0.2) is 13.6 Å². The topological polar surface area (TPSA) is 50.2 Å². The number of halogens is 3. The number of alkyl halides is 2. The molecule has 0 unspecified atom stereocenters. The lowest BCUT2D eigenvalue weighted by Crippen LogP contribution is -2.07. The molecular weight excluding hydrogens is 216 g/mol. The van der Waals surface area contributed by atoms with Crippen LogP contribution in [0.2, 0.25) is 5.02 Å². The van der Waals surface area contributed by atoms with Gasteiger partial charge < -0.3 is 5.11 Å². The van der Waals surface area contributed by atoms with E-state index < -0.39 is 23.7 Å². The Balaban J connectivity index is 3.44. The standard InChI is InChI=1S/C8H6ClF2NO2/c1-3-2-4(9)5(8(13)14)6(12-3)7(10)11/h2,7H,1H3,(H,13,14). The van der Waals surface area contributed by atoms with Crippen molar-refractivity contribution < 1.29 is 18.7 Å². The Morgan fingerprint density at radius 1 is 1.64 bits per heavy atom. The van der Waals surface area contributed by atoms with Gasteiger partial charge in [0.05, 0.1) is 5.02 Å². The van der Waals surface area contributed by atoms with Crippen LogP contribution in [0.25, 0.3) is 0 Å². The molecule has 0 bridgehead atoms. The summed E-state index contributed by atoms with van der Waals surface area (Å²) >= 11 is 5.52. The largest absolute Gasteiger partial charge is 0.478 e. The van der Waals surface area contributed by atoms with Gasteiger partial charge in [-0.15, -0.1) is 0 Å². The van der Waals surface area contributed by atoms with E-state index in [1.54, 1.807) is 0 Å². The molecule has 6 heteroatoms. The zero-order chi connectivity index (χ0) is 10.9. The van der Waals surface area contributed by atoms with Crippen LogP contribution in [0, 0.1) is 6.92 Å². The number of rotatable bonds is 2. The zero-order valence-electron chi connectivity index (χ0n) is 7.09. The normalized spacial score (nSPS) is 10.6. The van der Waals surface area contributed by atoms with E-state index in [1.807, 2.05) is 0 Å². The first-order chi connectivity index (χ1) is 6.43. The molecule has 1 aromatic heterocycles. The van der Waals surface area contributed by atoms with E-state index in [4.69, 9.17) is 16.7 Å². The Morgan fingerprint density at radius 3 is 2.64 bits per heavy atom. The molecule has 0 amide bonds. The molecule has 0 radical (unpaired) electrons. The molecule has 0 saturated carbocycles. The van der Waals surface area contributed by atoms with Crippen molar-refractivity contribution in [1.29, 1.82) is 0 Å². The van der Waals surface area contributed by atoms with Crippen LogP contribution in [-0.4, -0.2) is 16.1 Å². The zero-order valence-corrected chi connectivity index (χ0v) is 7.85. The third-order valence-electron chi connectivity index (χ3n) is 1.55. The van der Waals surface area contributed by atoms with E-state index in [2.05, 4.69) is 4.98 Å². The van der Waals surface area contributed by atoms with Crippen LogP contribution in [0.15, 0.2) is 6.07 Å². The lowest BCUT2D eigenvalue weighted by atomic mass is 10.2. The molecule has 76 valence electrons. The Bertz CT molecular complexity index is 382. The van der Waals surface area contributed by atoms with E-state index in [1.165, 1.54) is 13.0 Å². The molecule has 1 N–H and O–H groups in total. The van der Waals surface area contributed by atoms with Gasteiger partial charge in [0.2, 0.25) is 0 Å². The maximum Gasteiger partial charge on any atom is 0.339 e. The van der Waals surface area contributed by atoms with E-state index in [9.17, 15) is 13.6 Å². The summed E-state index contributed by atoms with van der Waals surface area (Å²) in [6.45, 7) is 1.46. The van der Waals surface area contributed by atoms with E-state index in [0.717, 1.165) is 0 Å². The highest BCUT2D eigenvalue weighted by Gasteiger charge is 2.23. The van der Waals surface area contributed by atoms with Crippen molar-refractivity contribution in [2.45, 2.75) is 13.3 Å². The fourth-order valence-corrected chi connectivity index (χ4v) is 1.36. The van der Waals surface area contributed by atoms with Gasteiger partial charge in [0.25, 0.3) is 6.43 Å². The number of carbonyl (C=O) groups is 1. The molecule has 0 aliphatic carbocycles. The smallest absolute Gasteiger partial charge is 0.339 e. The minimum absolute atomic E-state index is 0.222. The highest BCUT2D eigenvalue weighted by atomic mass is 35.5. The number of hydrogen-bond acceptors (Lipinski definition) is 2. The van der Waals surface area contributed by atoms with Crippen LogP contribution in [0.5, 0.6) is 0 Å². The van der Waals surface area contributed by atoms with Crippen molar-refractivity contribution in [2.75, 3.05) is 0 Å². The molecule has 1 heterocycles. The predicted octanol–water partition coefficient (Wildman–Crippen LogP) is 2.68. The van der Waals surface area contributed by atoms with Gasteiger partial charge in [-0.1, -0.05) is 11.6 Å². The van der Waals surface area contributed by atoms with Gasteiger partial charge in [-0.05, 0) is 13.0 Å². The number of aryl methyl sites for hydroxylation is 1. The van der Waals surface area contributed by atoms with E-state index in [-0.39, 0.29) is 10.7 Å². The maximum atomic E-state index is 12.4. The summed E-state index contributed by atoms with van der Waals surface area (Å²) in [5.41, 5.74) is -1.16. The molecule has 1 aromatic rings. The third kappa shape index (κ3) is 1.98. The first-order valence-corrected chi connectivity index (χ1v) is 3.99. The van der Waals surface area contributed by atoms with Crippen molar-refractivity contribution in [3.63, 3.8) is 0 Å². The molecular formula is C8H6ClF2NO2. The Labute approximate surface area is 83.3 Å². The minimum atomic E-state index is -2.95. The van der Waals surface area contributed by atoms with Crippen molar-refractivity contribution in [2.24, 2.45) is 0 Å². The highest BCUT2D eigenvalue weighted by molar-refractivity contribution is 6.33. The van der Waals surface area contributed by atoms with Gasteiger partial charge in [0.1, 0.15) is 11.3 Å². The second-order valence-electron chi connectivity index (χ2n) is 2.61. The lowest BCUT2D eigenvalue weighted by molar-refractivity contribution is 0.0682. The Kier molecular flexibility index (Phi) is 3.00. The van der Waals surface area contributed by atoms with E-state index in [0.29, 0.717) is 0 Å². The van der Waals surface area contributed by atoms with Gasteiger partial charge in [0, 0.05) is 5.69 Å². The number of carboxylic acids is 1. The number of aromatic nitrogens is 1. The molecule has 0 saturated heterocycles. The van der Waals surface area contributed by atoms with Crippen LogP contribution in [0.3, 0.4) is 0 Å². The van der Waals surface area contributed by atoms with Crippen LogP contribution in [0.4, 0.5) is 8.78 Å². The summed E-state index contributed by atoms with van der Waals surface area (Å²) < 4.78 is 24.7. The summed E-state index contributed by atoms with van der Waals surface area (Å²) in [5, 5.41) is 8.41. The van der Waals surface area contributed by atoms with Crippen LogP contribution >= 0.6 is 11.6 Å². The van der Waals surface area contributed by atoms with Gasteiger partial charge in [0.15, 0.2) is 0 Å². The highest BCUT2D eigenvalue weighted by Crippen LogP contribution is 2.27. The lowest BCUT2D eigenvalue weighted by Gasteiger charge is -2.06. The Morgan fingerprint density at radius 2 is 2.21 bits per heavy atom. The van der Waals surface area contributed by atoms with Gasteiger partial charge in [-0.3, -0.25) is 4.98 Å². The second-order valence-corrected chi connectivity index (χ2v) is 3.02. The average Bonchev–Trinajstić information content (AvgIpc) is 2.01. The molecule has 14 heavy (non-hydrogen) atoms. The molecule has 3 nitrogen and oxygen atoms in total. The van der Waals surface area contributed by atoms with Crippen LogP contribution < -0.4 is 0 Å². The first-order valence-electron chi connectivity index (χ1n) is 3.62. The maximum absolute atomic E-state index is 12.4. The number of hydrogen-bond donors (Lipinski definition) is 1. The van der Waals surface area contributed by atoms with Crippen molar-refractivity contribution in [1.82, 2.24) is 4.98 Å². The average molecular weight is 222 g/mol. The Hall–Kier alpha value is -1.23. The van der Waals surface area contributed by atoms with Gasteiger partial charge >= 0.3 is 5.97 Å². The minimum Gasteiger partial charge on any atom is -0.478 e. The monoisotopic (exact) mass is 221 g/mol. The molecule has 1 rings (SSSR count). The van der Waals surface area contributed by atoms with Crippen LogP contribution in [-0.2, 0) is 0 Å². The first kappa shape index (κ1) is 10.8. The molecule has 0 aliphatic rings. The summed E-state index contributed by atoms with van der Waals surface area (Å²) in [4.78, 5) is 14.0. The van der Waals surface area contributed by atoms with Crippen molar-refractivity contribution >= 4 is 17.6 Å². The van der Waals surface area contributed by atoms with Crippen LogP contribution in [0.1, 0.15) is 28.2 Å². The fraction of sp³-hybridized carbons (Fsp3) is 0.250. The van der Waals surface area contributed by atoms with Crippen molar-refractivity contribution in [3.8, 4) is 0 Å². The molecule has 0 atom stereocenters. The summed E-state index contributed by atoms with van der Waals surface area (Å²) in [6, 6.07) is 1.23. The molecule has 0 fully saturated rings.